The van der Waals surface area contributed by atoms with Gasteiger partial charge in [0.1, 0.15) is 10.8 Å². The smallest absolute Gasteiger partial charge is 0.150 e. The molecule has 72 valence electrons. The molecule has 0 aliphatic heterocycles. The van der Waals surface area contributed by atoms with Crippen molar-refractivity contribution < 1.29 is 0 Å². The maximum atomic E-state index is 5.75. The van der Waals surface area contributed by atoms with Gasteiger partial charge in [0.05, 0.1) is 17.8 Å². The molecule has 0 fully saturated rings. The molecule has 0 bridgehead atoms. The van der Waals surface area contributed by atoms with Crippen LogP contribution in [0.2, 0.25) is 5.02 Å². The molecule has 0 aliphatic carbocycles. The molecule has 2 rings (SSSR count). The summed E-state index contributed by atoms with van der Waals surface area (Å²) in [6, 6.07) is 1.72. The summed E-state index contributed by atoms with van der Waals surface area (Å²) >= 11 is 7.34. The van der Waals surface area contributed by atoms with Crippen LogP contribution in [-0.2, 0) is 6.54 Å². The average Bonchev–Trinajstić information content (AvgIpc) is 2.67. The summed E-state index contributed by atoms with van der Waals surface area (Å²) in [7, 11) is 0. The van der Waals surface area contributed by atoms with E-state index in [-0.39, 0.29) is 0 Å². The zero-order chi connectivity index (χ0) is 9.80. The predicted molar refractivity (Wildman–Crippen MR) is 56.5 cm³/mol. The van der Waals surface area contributed by atoms with Gasteiger partial charge in [-0.25, -0.2) is 4.98 Å². The first kappa shape index (κ1) is 9.36. The number of hydrogen-bond donors (Lipinski definition) is 1. The highest BCUT2D eigenvalue weighted by Gasteiger charge is 1.98. The van der Waals surface area contributed by atoms with Gasteiger partial charge < -0.3 is 5.32 Å². The lowest BCUT2D eigenvalue weighted by Gasteiger charge is -2.01. The topological polar surface area (TPSA) is 50.7 Å². The lowest BCUT2D eigenvalue weighted by Crippen LogP contribution is -2.01. The van der Waals surface area contributed by atoms with Crippen molar-refractivity contribution in [3.63, 3.8) is 0 Å². The Morgan fingerprint density at radius 2 is 2.43 bits per heavy atom. The first-order valence-corrected chi connectivity index (χ1v) is 5.21. The van der Waals surface area contributed by atoms with Crippen LogP contribution >= 0.6 is 22.9 Å². The fraction of sp³-hybridized carbons (Fsp3) is 0.125. The highest BCUT2D eigenvalue weighted by molar-refractivity contribution is 7.09. The van der Waals surface area contributed by atoms with Crippen molar-refractivity contribution in [2.24, 2.45) is 0 Å². The minimum absolute atomic E-state index is 0.571. The van der Waals surface area contributed by atoms with Crippen LogP contribution in [0.4, 0.5) is 5.82 Å². The molecule has 1 N–H and O–H groups in total. The second-order valence-electron chi connectivity index (χ2n) is 2.54. The van der Waals surface area contributed by atoms with Gasteiger partial charge in [-0.3, -0.25) is 0 Å². The van der Waals surface area contributed by atoms with Gasteiger partial charge in [0.2, 0.25) is 0 Å². The number of nitrogens with zero attached hydrogens (tertiary/aromatic N) is 3. The molecule has 2 aromatic rings. The van der Waals surface area contributed by atoms with Crippen molar-refractivity contribution in [2.45, 2.75) is 6.54 Å². The van der Waals surface area contributed by atoms with Crippen molar-refractivity contribution in [3.05, 3.63) is 33.9 Å². The van der Waals surface area contributed by atoms with E-state index in [1.165, 1.54) is 6.20 Å². The lowest BCUT2D eigenvalue weighted by atomic mass is 10.5. The van der Waals surface area contributed by atoms with E-state index in [1.807, 2.05) is 5.38 Å². The molecule has 2 aromatic heterocycles. The van der Waals surface area contributed by atoms with Crippen LogP contribution in [-0.4, -0.2) is 15.2 Å². The normalized spacial score (nSPS) is 10.1. The zero-order valence-electron chi connectivity index (χ0n) is 7.14. The Morgan fingerprint density at radius 1 is 1.50 bits per heavy atom. The third kappa shape index (κ3) is 2.40. The van der Waals surface area contributed by atoms with E-state index in [1.54, 1.807) is 23.6 Å². The van der Waals surface area contributed by atoms with Gasteiger partial charge in [0.25, 0.3) is 0 Å². The SMILES string of the molecule is Clc1cnnc(NCc2nccs2)c1. The van der Waals surface area contributed by atoms with Crippen LogP contribution in [0, 0.1) is 0 Å². The summed E-state index contributed by atoms with van der Waals surface area (Å²) in [5.74, 6) is 0.660. The first-order chi connectivity index (χ1) is 6.84. The fourth-order valence-electron chi connectivity index (χ4n) is 0.936. The number of thiazole rings is 1. The summed E-state index contributed by atoms with van der Waals surface area (Å²) in [5.41, 5.74) is 0. The monoisotopic (exact) mass is 226 g/mol. The number of hydrogen-bond acceptors (Lipinski definition) is 5. The zero-order valence-corrected chi connectivity index (χ0v) is 8.72. The third-order valence-electron chi connectivity index (χ3n) is 1.53. The number of anilines is 1. The maximum absolute atomic E-state index is 5.75. The maximum Gasteiger partial charge on any atom is 0.150 e. The minimum atomic E-state index is 0.571. The van der Waals surface area contributed by atoms with Crippen LogP contribution < -0.4 is 5.32 Å². The molecule has 0 saturated heterocycles. The lowest BCUT2D eigenvalue weighted by molar-refractivity contribution is 0.994. The Balaban J connectivity index is 1.98. The summed E-state index contributed by atoms with van der Waals surface area (Å²) in [6.45, 7) is 0.646. The minimum Gasteiger partial charge on any atom is -0.362 e. The Labute approximate surface area is 90.0 Å². The van der Waals surface area contributed by atoms with Gasteiger partial charge in [0.15, 0.2) is 0 Å². The Kier molecular flexibility index (Phi) is 2.90. The van der Waals surface area contributed by atoms with Crippen molar-refractivity contribution in [2.75, 3.05) is 5.32 Å². The molecule has 4 nitrogen and oxygen atoms in total. The molecule has 0 radical (unpaired) electrons. The highest BCUT2D eigenvalue weighted by atomic mass is 35.5. The molecular weight excluding hydrogens is 220 g/mol. The molecule has 0 atom stereocenters. The molecule has 2 heterocycles. The van der Waals surface area contributed by atoms with Crippen molar-refractivity contribution in [1.82, 2.24) is 15.2 Å². The van der Waals surface area contributed by atoms with Crippen molar-refractivity contribution in [1.29, 1.82) is 0 Å². The third-order valence-corrected chi connectivity index (χ3v) is 2.51. The molecule has 0 aromatic carbocycles. The average molecular weight is 227 g/mol. The standard InChI is InChI=1S/C8H7ClN4S/c9-6-3-7(13-12-4-6)11-5-8-10-1-2-14-8/h1-4H,5H2,(H,11,13). The molecule has 0 saturated carbocycles. The van der Waals surface area contributed by atoms with Crippen LogP contribution in [0.15, 0.2) is 23.8 Å². The van der Waals surface area contributed by atoms with Crippen LogP contribution in [0.25, 0.3) is 0 Å². The summed E-state index contributed by atoms with van der Waals surface area (Å²) in [5, 5.41) is 14.2. The van der Waals surface area contributed by atoms with Gasteiger partial charge in [-0.05, 0) is 0 Å². The Bertz CT molecular complexity index is 403. The first-order valence-electron chi connectivity index (χ1n) is 3.95. The van der Waals surface area contributed by atoms with E-state index < -0.39 is 0 Å². The molecule has 0 amide bonds. The molecule has 14 heavy (non-hydrogen) atoms. The second kappa shape index (κ2) is 4.34. The van der Waals surface area contributed by atoms with Crippen molar-refractivity contribution in [3.8, 4) is 0 Å². The van der Waals surface area contributed by atoms with Gasteiger partial charge >= 0.3 is 0 Å². The molecule has 0 aliphatic rings. The Morgan fingerprint density at radius 3 is 3.14 bits per heavy atom. The largest absolute Gasteiger partial charge is 0.362 e. The molecule has 0 unspecified atom stereocenters. The summed E-state index contributed by atoms with van der Waals surface area (Å²) in [4.78, 5) is 4.13. The van der Waals surface area contributed by atoms with Crippen LogP contribution in [0.1, 0.15) is 5.01 Å². The quantitative estimate of drug-likeness (QED) is 0.872. The van der Waals surface area contributed by atoms with E-state index in [0.29, 0.717) is 17.4 Å². The summed E-state index contributed by atoms with van der Waals surface area (Å²) in [6.07, 6.45) is 3.27. The van der Waals surface area contributed by atoms with Crippen molar-refractivity contribution >= 4 is 28.8 Å². The second-order valence-corrected chi connectivity index (χ2v) is 3.95. The number of aromatic nitrogens is 3. The molecular formula is C8H7ClN4S. The number of halogens is 1. The molecule has 6 heteroatoms. The van der Waals surface area contributed by atoms with Gasteiger partial charge in [-0.1, -0.05) is 11.6 Å². The van der Waals surface area contributed by atoms with Gasteiger partial charge in [-0.15, -0.1) is 16.4 Å². The van der Waals surface area contributed by atoms with Crippen LogP contribution in [0.5, 0.6) is 0 Å². The highest BCUT2D eigenvalue weighted by Crippen LogP contribution is 2.11. The van der Waals surface area contributed by atoms with E-state index in [4.69, 9.17) is 11.6 Å². The van der Waals surface area contributed by atoms with Crippen LogP contribution in [0.3, 0.4) is 0 Å². The predicted octanol–water partition coefficient (Wildman–Crippen LogP) is 2.20. The number of nitrogens with one attached hydrogen (secondary N) is 1. The molecule has 0 spiro atoms. The number of rotatable bonds is 3. The summed E-state index contributed by atoms with van der Waals surface area (Å²) < 4.78 is 0. The fourth-order valence-corrected chi connectivity index (χ4v) is 1.64. The van der Waals surface area contributed by atoms with E-state index in [0.717, 1.165) is 5.01 Å². The van der Waals surface area contributed by atoms with E-state index in [9.17, 15) is 0 Å². The Hall–Kier alpha value is -1.20. The van der Waals surface area contributed by atoms with E-state index >= 15 is 0 Å². The van der Waals surface area contributed by atoms with E-state index in [2.05, 4.69) is 20.5 Å². The van der Waals surface area contributed by atoms with Gasteiger partial charge in [-0.2, -0.15) is 5.10 Å². The van der Waals surface area contributed by atoms with Gasteiger partial charge in [0, 0.05) is 17.6 Å².